The van der Waals surface area contributed by atoms with Gasteiger partial charge in [-0.2, -0.15) is 0 Å². The van der Waals surface area contributed by atoms with Crippen LogP contribution in [-0.2, 0) is 9.59 Å². The molecule has 1 aliphatic heterocycles. The molecule has 0 saturated heterocycles. The number of hydrogen-bond acceptors (Lipinski definition) is 2. The molecule has 0 unspecified atom stereocenters. The van der Waals surface area contributed by atoms with Crippen LogP contribution in [0.25, 0.3) is 0 Å². The maximum absolute atomic E-state index is 11.7. The first-order chi connectivity index (χ1) is 8.90. The van der Waals surface area contributed by atoms with Gasteiger partial charge < -0.3 is 10.4 Å². The molecule has 1 amide bonds. The molecule has 0 spiro atoms. The van der Waals surface area contributed by atoms with Crippen molar-refractivity contribution >= 4 is 11.9 Å². The zero-order valence-corrected chi connectivity index (χ0v) is 11.3. The van der Waals surface area contributed by atoms with E-state index in [1.807, 2.05) is 32.0 Å². The summed E-state index contributed by atoms with van der Waals surface area (Å²) < 4.78 is 0. The van der Waals surface area contributed by atoms with Crippen molar-refractivity contribution in [3.05, 3.63) is 46.2 Å². The fourth-order valence-corrected chi connectivity index (χ4v) is 2.67. The smallest absolute Gasteiger partial charge is 0.333 e. The number of hydrogen-bond donors (Lipinski definition) is 2. The summed E-state index contributed by atoms with van der Waals surface area (Å²) in [5.74, 6) is -1.47. The van der Waals surface area contributed by atoms with Crippen LogP contribution in [0.15, 0.2) is 29.5 Å². The normalized spacial score (nSPS) is 19.3. The van der Waals surface area contributed by atoms with Crippen molar-refractivity contribution < 1.29 is 14.7 Å². The number of carbonyl (C=O) groups is 2. The van der Waals surface area contributed by atoms with Crippen molar-refractivity contribution in [3.63, 3.8) is 0 Å². The highest BCUT2D eigenvalue weighted by Crippen LogP contribution is 2.34. The summed E-state index contributed by atoms with van der Waals surface area (Å²) in [5.41, 5.74) is 3.78. The van der Waals surface area contributed by atoms with Gasteiger partial charge in [-0.25, -0.2) is 4.79 Å². The maximum atomic E-state index is 11.7. The van der Waals surface area contributed by atoms with Gasteiger partial charge in [0.15, 0.2) is 0 Å². The van der Waals surface area contributed by atoms with Crippen LogP contribution in [0.4, 0.5) is 0 Å². The Bertz CT molecular complexity index is 587. The molecule has 1 aliphatic rings. The molecule has 1 atom stereocenters. The van der Waals surface area contributed by atoms with Crippen LogP contribution in [0.1, 0.15) is 36.0 Å². The second-order valence-electron chi connectivity index (χ2n) is 5.01. The van der Waals surface area contributed by atoms with Gasteiger partial charge in [-0.3, -0.25) is 4.79 Å². The van der Waals surface area contributed by atoms with Crippen LogP contribution in [0.5, 0.6) is 0 Å². The van der Waals surface area contributed by atoms with Crippen LogP contribution in [0.3, 0.4) is 0 Å². The van der Waals surface area contributed by atoms with Crippen LogP contribution in [0, 0.1) is 13.8 Å². The van der Waals surface area contributed by atoms with E-state index < -0.39 is 5.97 Å². The number of carboxylic acids is 1. The van der Waals surface area contributed by atoms with E-state index in [-0.39, 0.29) is 23.8 Å². The largest absolute Gasteiger partial charge is 0.478 e. The van der Waals surface area contributed by atoms with Crippen LogP contribution in [-0.4, -0.2) is 17.0 Å². The van der Waals surface area contributed by atoms with E-state index in [1.165, 1.54) is 0 Å². The van der Waals surface area contributed by atoms with Gasteiger partial charge in [0.05, 0.1) is 5.57 Å². The topological polar surface area (TPSA) is 66.4 Å². The second-order valence-corrected chi connectivity index (χ2v) is 5.01. The minimum Gasteiger partial charge on any atom is -0.478 e. The number of rotatable bonds is 2. The molecule has 2 rings (SSSR count). The third kappa shape index (κ3) is 2.52. The lowest BCUT2D eigenvalue weighted by Crippen LogP contribution is -2.33. The minimum absolute atomic E-state index is 0.132. The minimum atomic E-state index is -0.970. The Morgan fingerprint density at radius 1 is 1.32 bits per heavy atom. The zero-order valence-electron chi connectivity index (χ0n) is 11.3. The monoisotopic (exact) mass is 259 g/mol. The highest BCUT2D eigenvalue weighted by Gasteiger charge is 2.32. The number of benzene rings is 1. The molecule has 2 N–H and O–H groups in total. The molecule has 19 heavy (non-hydrogen) atoms. The summed E-state index contributed by atoms with van der Waals surface area (Å²) in [6.45, 7) is 5.57. The predicted molar refractivity (Wildman–Crippen MR) is 71.8 cm³/mol. The van der Waals surface area contributed by atoms with E-state index in [0.717, 1.165) is 16.7 Å². The van der Waals surface area contributed by atoms with Crippen molar-refractivity contribution in [1.82, 2.24) is 5.32 Å². The second kappa shape index (κ2) is 4.88. The highest BCUT2D eigenvalue weighted by molar-refractivity contribution is 5.94. The molecular formula is C15H17NO3. The molecule has 0 fully saturated rings. The SMILES string of the molecule is CC1=C(C(=O)O)[C@H](c2ccc(C)cc2C)CC(=O)N1. The van der Waals surface area contributed by atoms with Crippen LogP contribution in [0.2, 0.25) is 0 Å². The molecule has 1 heterocycles. The van der Waals surface area contributed by atoms with E-state index in [1.54, 1.807) is 6.92 Å². The van der Waals surface area contributed by atoms with Crippen molar-refractivity contribution in [2.75, 3.05) is 0 Å². The summed E-state index contributed by atoms with van der Waals surface area (Å²) in [6.07, 6.45) is 0.183. The first-order valence-corrected chi connectivity index (χ1v) is 6.21. The zero-order chi connectivity index (χ0) is 14.2. The number of aryl methyl sites for hydroxylation is 2. The Morgan fingerprint density at radius 3 is 2.58 bits per heavy atom. The van der Waals surface area contributed by atoms with Gasteiger partial charge in [-0.1, -0.05) is 23.8 Å². The maximum Gasteiger partial charge on any atom is 0.333 e. The van der Waals surface area contributed by atoms with Crippen molar-refractivity contribution in [2.45, 2.75) is 33.1 Å². The van der Waals surface area contributed by atoms with Gasteiger partial charge in [0.2, 0.25) is 5.91 Å². The van der Waals surface area contributed by atoms with Crippen LogP contribution >= 0.6 is 0 Å². The van der Waals surface area contributed by atoms with Gasteiger partial charge >= 0.3 is 5.97 Å². The molecule has 0 aliphatic carbocycles. The third-order valence-electron chi connectivity index (χ3n) is 3.50. The number of allylic oxidation sites excluding steroid dienone is 1. The number of carbonyl (C=O) groups excluding carboxylic acids is 1. The molecule has 4 nitrogen and oxygen atoms in total. The standard InChI is InChI=1S/C15H17NO3/c1-8-4-5-11(9(2)6-8)12-7-13(17)16-10(3)14(12)15(18)19/h4-6,12H,7H2,1-3H3,(H,16,17)(H,18,19)/t12-/m0/s1. The number of amides is 1. The molecule has 0 bridgehead atoms. The molecular weight excluding hydrogens is 242 g/mol. The van der Waals surface area contributed by atoms with E-state index in [9.17, 15) is 14.7 Å². The van der Waals surface area contributed by atoms with E-state index in [2.05, 4.69) is 5.32 Å². The number of carboxylic acid groups (broad SMARTS) is 1. The Kier molecular flexibility index (Phi) is 3.42. The van der Waals surface area contributed by atoms with Crippen LogP contribution < -0.4 is 5.32 Å². The quantitative estimate of drug-likeness (QED) is 0.856. The van der Waals surface area contributed by atoms with Crippen molar-refractivity contribution in [1.29, 1.82) is 0 Å². The first kappa shape index (κ1) is 13.3. The summed E-state index contributed by atoms with van der Waals surface area (Å²) in [5, 5.41) is 12.0. The molecule has 1 aromatic carbocycles. The predicted octanol–water partition coefficient (Wildman–Crippen LogP) is 2.27. The average Bonchev–Trinajstić information content (AvgIpc) is 2.26. The summed E-state index contributed by atoms with van der Waals surface area (Å²) in [6, 6.07) is 5.88. The molecule has 1 aromatic rings. The van der Waals surface area contributed by atoms with Gasteiger partial charge in [0, 0.05) is 18.0 Å². The lowest BCUT2D eigenvalue weighted by atomic mass is 9.82. The fourth-order valence-electron chi connectivity index (χ4n) is 2.67. The summed E-state index contributed by atoms with van der Waals surface area (Å²) in [7, 11) is 0. The lowest BCUT2D eigenvalue weighted by molar-refractivity contribution is -0.133. The van der Waals surface area contributed by atoms with E-state index in [4.69, 9.17) is 0 Å². The summed E-state index contributed by atoms with van der Waals surface area (Å²) >= 11 is 0. The fraction of sp³-hybridized carbons (Fsp3) is 0.333. The van der Waals surface area contributed by atoms with Crippen molar-refractivity contribution in [2.24, 2.45) is 0 Å². The third-order valence-corrected chi connectivity index (χ3v) is 3.50. The Labute approximate surface area is 112 Å². The summed E-state index contributed by atoms with van der Waals surface area (Å²) in [4.78, 5) is 23.1. The highest BCUT2D eigenvalue weighted by atomic mass is 16.4. The molecule has 0 saturated carbocycles. The van der Waals surface area contributed by atoms with Gasteiger partial charge in [-0.05, 0) is 31.9 Å². The van der Waals surface area contributed by atoms with Gasteiger partial charge in [-0.15, -0.1) is 0 Å². The Balaban J connectivity index is 2.55. The lowest BCUT2D eigenvalue weighted by Gasteiger charge is -2.26. The number of nitrogens with one attached hydrogen (secondary N) is 1. The van der Waals surface area contributed by atoms with Crippen molar-refractivity contribution in [3.8, 4) is 0 Å². The first-order valence-electron chi connectivity index (χ1n) is 6.21. The Hall–Kier alpha value is -2.10. The van der Waals surface area contributed by atoms with E-state index >= 15 is 0 Å². The average molecular weight is 259 g/mol. The van der Waals surface area contributed by atoms with Gasteiger partial charge in [0.25, 0.3) is 0 Å². The number of aliphatic carboxylic acids is 1. The van der Waals surface area contributed by atoms with E-state index in [0.29, 0.717) is 5.70 Å². The molecule has 0 aromatic heterocycles. The Morgan fingerprint density at radius 2 is 2.00 bits per heavy atom. The van der Waals surface area contributed by atoms with Gasteiger partial charge in [0.1, 0.15) is 0 Å². The molecule has 100 valence electrons. The molecule has 0 radical (unpaired) electrons. The molecule has 4 heteroatoms.